The highest BCUT2D eigenvalue weighted by Crippen LogP contribution is 2.28. The fourth-order valence-electron chi connectivity index (χ4n) is 2.72. The molecule has 0 radical (unpaired) electrons. The summed E-state index contributed by atoms with van der Waals surface area (Å²) in [7, 11) is 0. The van der Waals surface area contributed by atoms with E-state index < -0.39 is 6.10 Å². The van der Waals surface area contributed by atoms with E-state index in [0.717, 1.165) is 31.4 Å². The van der Waals surface area contributed by atoms with Gasteiger partial charge < -0.3 is 23.7 Å². The van der Waals surface area contributed by atoms with Gasteiger partial charge in [0.25, 0.3) is 0 Å². The van der Waals surface area contributed by atoms with Crippen molar-refractivity contribution in [2.24, 2.45) is 0 Å². The normalized spacial score (nSPS) is 18.2. The minimum Gasteiger partial charge on any atom is -0.490 e. The van der Waals surface area contributed by atoms with E-state index in [2.05, 4.69) is 0 Å². The van der Waals surface area contributed by atoms with Crippen LogP contribution in [0.3, 0.4) is 0 Å². The zero-order valence-corrected chi connectivity index (χ0v) is 16.0. The molecule has 0 saturated carbocycles. The molecule has 6 nitrogen and oxygen atoms in total. The van der Waals surface area contributed by atoms with E-state index in [4.69, 9.17) is 23.7 Å². The second kappa shape index (κ2) is 11.0. The summed E-state index contributed by atoms with van der Waals surface area (Å²) >= 11 is 0. The Balaban J connectivity index is 1.80. The van der Waals surface area contributed by atoms with Gasteiger partial charge in [0, 0.05) is 6.61 Å². The molecule has 0 bridgehead atoms. The summed E-state index contributed by atoms with van der Waals surface area (Å²) in [5.74, 6) is 0.961. The van der Waals surface area contributed by atoms with Gasteiger partial charge in [-0.1, -0.05) is 6.07 Å². The number of carbonyl (C=O) groups excluding carboxylic acids is 1. The Labute approximate surface area is 155 Å². The molecule has 0 N–H and O–H groups in total. The summed E-state index contributed by atoms with van der Waals surface area (Å²) in [5, 5.41) is 0. The number of hydrogen-bond acceptors (Lipinski definition) is 6. The van der Waals surface area contributed by atoms with Gasteiger partial charge in [-0.2, -0.15) is 0 Å². The van der Waals surface area contributed by atoms with Gasteiger partial charge in [0.15, 0.2) is 17.6 Å². The lowest BCUT2D eigenvalue weighted by molar-refractivity contribution is -0.160. The topological polar surface area (TPSA) is 63.2 Å². The van der Waals surface area contributed by atoms with E-state index in [1.54, 1.807) is 6.92 Å². The molecule has 1 aliphatic rings. The molecule has 1 aromatic rings. The zero-order valence-electron chi connectivity index (χ0n) is 16.0. The van der Waals surface area contributed by atoms with Gasteiger partial charge in [-0.05, 0) is 57.7 Å². The summed E-state index contributed by atoms with van der Waals surface area (Å²) in [4.78, 5) is 12.1. The van der Waals surface area contributed by atoms with Crippen LogP contribution in [0, 0.1) is 0 Å². The minimum atomic E-state index is -0.616. The number of carbonyl (C=O) groups is 1. The Morgan fingerprint density at radius 2 is 1.96 bits per heavy atom. The minimum absolute atomic E-state index is 0.0823. The third-order valence-corrected chi connectivity index (χ3v) is 4.13. The third-order valence-electron chi connectivity index (χ3n) is 4.13. The van der Waals surface area contributed by atoms with Crippen LogP contribution in [0.25, 0.3) is 0 Å². The van der Waals surface area contributed by atoms with Gasteiger partial charge in [0.1, 0.15) is 6.61 Å². The Bertz CT molecular complexity index is 553. The monoisotopic (exact) mass is 366 g/mol. The molecule has 1 aromatic carbocycles. The van der Waals surface area contributed by atoms with Crippen molar-refractivity contribution in [3.05, 3.63) is 23.8 Å². The molecule has 0 aromatic heterocycles. The van der Waals surface area contributed by atoms with Crippen molar-refractivity contribution < 1.29 is 28.5 Å². The lowest BCUT2D eigenvalue weighted by atomic mass is 10.1. The van der Waals surface area contributed by atoms with Crippen LogP contribution in [0.15, 0.2) is 18.2 Å². The Kier molecular flexibility index (Phi) is 8.71. The molecule has 1 saturated heterocycles. The van der Waals surface area contributed by atoms with Crippen molar-refractivity contribution >= 4 is 5.97 Å². The smallest absolute Gasteiger partial charge is 0.335 e. The second-order valence-electron chi connectivity index (χ2n) is 6.22. The molecule has 2 unspecified atom stereocenters. The van der Waals surface area contributed by atoms with E-state index in [9.17, 15) is 4.79 Å². The standard InChI is InChI=1S/C20H30O6/c1-4-22-18-10-9-16(12-19(18)23-5-2)13-26-20(21)15(3)25-14-17-8-6-7-11-24-17/h9-10,12,15,17H,4-8,11,13-14H2,1-3H3. The molecule has 0 amide bonds. The molecule has 1 heterocycles. The molecular weight excluding hydrogens is 336 g/mol. The van der Waals surface area contributed by atoms with E-state index in [1.807, 2.05) is 32.0 Å². The van der Waals surface area contributed by atoms with Gasteiger partial charge in [-0.3, -0.25) is 0 Å². The van der Waals surface area contributed by atoms with Crippen LogP contribution in [0.5, 0.6) is 11.5 Å². The van der Waals surface area contributed by atoms with E-state index in [-0.39, 0.29) is 18.7 Å². The van der Waals surface area contributed by atoms with Gasteiger partial charge >= 0.3 is 5.97 Å². The third kappa shape index (κ3) is 6.50. The molecule has 146 valence electrons. The Morgan fingerprint density at radius 1 is 1.19 bits per heavy atom. The van der Waals surface area contributed by atoms with Crippen LogP contribution < -0.4 is 9.47 Å². The zero-order chi connectivity index (χ0) is 18.8. The molecule has 0 spiro atoms. The van der Waals surface area contributed by atoms with Gasteiger partial charge in [-0.25, -0.2) is 4.79 Å². The molecule has 6 heteroatoms. The summed E-state index contributed by atoms with van der Waals surface area (Å²) in [5.41, 5.74) is 0.841. The maximum absolute atomic E-state index is 12.1. The summed E-state index contributed by atoms with van der Waals surface area (Å²) < 4.78 is 27.7. The first-order valence-corrected chi connectivity index (χ1v) is 9.42. The van der Waals surface area contributed by atoms with Crippen LogP contribution in [-0.4, -0.2) is 44.6 Å². The first-order chi connectivity index (χ1) is 12.6. The summed E-state index contributed by atoms with van der Waals surface area (Å²) in [6.45, 7) is 8.00. The largest absolute Gasteiger partial charge is 0.490 e. The van der Waals surface area contributed by atoms with Crippen molar-refractivity contribution in [2.45, 2.75) is 58.8 Å². The average molecular weight is 366 g/mol. The average Bonchev–Trinajstić information content (AvgIpc) is 2.67. The van der Waals surface area contributed by atoms with Crippen LogP contribution in [0.1, 0.15) is 45.6 Å². The van der Waals surface area contributed by atoms with Crippen molar-refractivity contribution in [3.8, 4) is 11.5 Å². The molecule has 1 fully saturated rings. The van der Waals surface area contributed by atoms with Crippen molar-refractivity contribution in [1.82, 2.24) is 0 Å². The Morgan fingerprint density at radius 3 is 2.65 bits per heavy atom. The van der Waals surface area contributed by atoms with Crippen LogP contribution in [0.2, 0.25) is 0 Å². The molecule has 2 rings (SSSR count). The maximum Gasteiger partial charge on any atom is 0.335 e. The first kappa shape index (κ1) is 20.5. The van der Waals surface area contributed by atoms with Crippen molar-refractivity contribution in [1.29, 1.82) is 0 Å². The van der Waals surface area contributed by atoms with Crippen LogP contribution in [0.4, 0.5) is 0 Å². The number of hydrogen-bond donors (Lipinski definition) is 0. The van der Waals surface area contributed by atoms with E-state index >= 15 is 0 Å². The second-order valence-corrected chi connectivity index (χ2v) is 6.22. The lowest BCUT2D eigenvalue weighted by Crippen LogP contribution is -2.30. The van der Waals surface area contributed by atoms with Crippen molar-refractivity contribution in [3.63, 3.8) is 0 Å². The summed E-state index contributed by atoms with van der Waals surface area (Å²) in [6.07, 6.45) is 2.69. The molecule has 1 aliphatic heterocycles. The highest BCUT2D eigenvalue weighted by atomic mass is 16.6. The van der Waals surface area contributed by atoms with E-state index in [0.29, 0.717) is 31.3 Å². The van der Waals surface area contributed by atoms with Gasteiger partial charge in [0.05, 0.1) is 25.9 Å². The predicted molar refractivity (Wildman–Crippen MR) is 97.6 cm³/mol. The maximum atomic E-state index is 12.1. The highest BCUT2D eigenvalue weighted by Gasteiger charge is 2.20. The molecular formula is C20H30O6. The first-order valence-electron chi connectivity index (χ1n) is 9.42. The highest BCUT2D eigenvalue weighted by molar-refractivity contribution is 5.74. The summed E-state index contributed by atoms with van der Waals surface area (Å²) in [6, 6.07) is 5.53. The van der Waals surface area contributed by atoms with Crippen molar-refractivity contribution in [2.75, 3.05) is 26.4 Å². The van der Waals surface area contributed by atoms with E-state index in [1.165, 1.54) is 0 Å². The SMILES string of the molecule is CCOc1ccc(COC(=O)C(C)OCC2CCCCO2)cc1OCC. The fourth-order valence-corrected chi connectivity index (χ4v) is 2.72. The molecule has 26 heavy (non-hydrogen) atoms. The Hall–Kier alpha value is -1.79. The molecule has 0 aliphatic carbocycles. The quantitative estimate of drug-likeness (QED) is 0.591. The van der Waals surface area contributed by atoms with Crippen LogP contribution >= 0.6 is 0 Å². The lowest BCUT2D eigenvalue weighted by Gasteiger charge is -2.23. The van der Waals surface area contributed by atoms with Gasteiger partial charge in [0.2, 0.25) is 0 Å². The number of ether oxygens (including phenoxy) is 5. The fraction of sp³-hybridized carbons (Fsp3) is 0.650. The number of rotatable bonds is 10. The van der Waals surface area contributed by atoms with Crippen LogP contribution in [-0.2, 0) is 25.6 Å². The van der Waals surface area contributed by atoms with Gasteiger partial charge in [-0.15, -0.1) is 0 Å². The molecule has 2 atom stereocenters. The number of benzene rings is 1. The number of esters is 1. The predicted octanol–water partition coefficient (Wildman–Crippen LogP) is 3.50.